The first-order chi connectivity index (χ1) is 10.4. The van der Waals surface area contributed by atoms with Crippen molar-refractivity contribution in [2.24, 2.45) is 0 Å². The number of carbonyl (C=O) groups excluding carboxylic acids is 1. The second-order valence-corrected chi connectivity index (χ2v) is 3.79. The van der Waals surface area contributed by atoms with E-state index in [-0.39, 0.29) is 23.9 Å². The van der Waals surface area contributed by atoms with Gasteiger partial charge in [0.2, 0.25) is 11.8 Å². The number of hydrogen-bond donors (Lipinski definition) is 0. The highest BCUT2D eigenvalue weighted by molar-refractivity contribution is 5.86. The van der Waals surface area contributed by atoms with E-state index in [1.165, 1.54) is 13.2 Å². The number of rotatable bonds is 5. The smallest absolute Gasteiger partial charge is 0.482 e. The van der Waals surface area contributed by atoms with Crippen LogP contribution in [0, 0.1) is 0 Å². The van der Waals surface area contributed by atoms with Crippen LogP contribution < -0.4 is 9.47 Å². The summed E-state index contributed by atoms with van der Waals surface area (Å²) in [6.45, 7) is -0.141. The fourth-order valence-electron chi connectivity index (χ4n) is 1.35. The van der Waals surface area contributed by atoms with Crippen molar-refractivity contribution < 1.29 is 36.6 Å². The molecule has 2 aromatic heterocycles. The van der Waals surface area contributed by atoms with Crippen LogP contribution in [0.25, 0.3) is 0 Å². The van der Waals surface area contributed by atoms with E-state index < -0.39 is 18.2 Å². The van der Waals surface area contributed by atoms with Crippen LogP contribution in [0.15, 0.2) is 29.0 Å². The molecule has 10 heteroatoms. The monoisotopic (exact) mass is 318 g/mol. The third kappa shape index (κ3) is 4.36. The molecule has 7 nitrogen and oxygen atoms in total. The Morgan fingerprint density at radius 3 is 2.73 bits per heavy atom. The van der Waals surface area contributed by atoms with E-state index in [1.807, 2.05) is 0 Å². The summed E-state index contributed by atoms with van der Waals surface area (Å²) in [6.07, 6.45) is -2.66. The highest BCUT2D eigenvalue weighted by Gasteiger charge is 2.31. The first kappa shape index (κ1) is 15.6. The van der Waals surface area contributed by atoms with Crippen LogP contribution in [0.1, 0.15) is 16.4 Å². The molecule has 0 fully saturated rings. The summed E-state index contributed by atoms with van der Waals surface area (Å²) < 4.78 is 54.1. The van der Waals surface area contributed by atoms with Gasteiger partial charge in [-0.2, -0.15) is 0 Å². The van der Waals surface area contributed by atoms with Crippen molar-refractivity contribution in [2.75, 3.05) is 7.11 Å². The molecule has 0 aliphatic carbocycles. The fourth-order valence-corrected chi connectivity index (χ4v) is 1.35. The van der Waals surface area contributed by atoms with E-state index >= 15 is 0 Å². The zero-order chi connectivity index (χ0) is 16.2. The van der Waals surface area contributed by atoms with Crippen molar-refractivity contribution in [1.29, 1.82) is 0 Å². The van der Waals surface area contributed by atoms with Gasteiger partial charge < -0.3 is 18.6 Å². The van der Waals surface area contributed by atoms with Crippen molar-refractivity contribution in [3.8, 4) is 11.6 Å². The molecule has 2 rings (SSSR count). The van der Waals surface area contributed by atoms with Crippen molar-refractivity contribution in [2.45, 2.75) is 13.0 Å². The van der Waals surface area contributed by atoms with Gasteiger partial charge in [0.25, 0.3) is 0 Å². The van der Waals surface area contributed by atoms with Crippen molar-refractivity contribution in [3.63, 3.8) is 0 Å². The lowest BCUT2D eigenvalue weighted by molar-refractivity contribution is -0.276. The number of pyridine rings is 1. The van der Waals surface area contributed by atoms with Crippen LogP contribution in [-0.2, 0) is 11.3 Å². The fraction of sp³-hybridized carbons (Fsp3) is 0.250. The Balaban J connectivity index is 1.91. The summed E-state index contributed by atoms with van der Waals surface area (Å²) >= 11 is 0. The summed E-state index contributed by atoms with van der Waals surface area (Å²) in [7, 11) is 1.20. The molecule has 0 aromatic carbocycles. The average Bonchev–Trinajstić information content (AvgIpc) is 2.93. The van der Waals surface area contributed by atoms with Gasteiger partial charge in [-0.3, -0.25) is 0 Å². The zero-order valence-electron chi connectivity index (χ0n) is 11.1. The molecule has 0 amide bonds. The van der Waals surface area contributed by atoms with Gasteiger partial charge in [0.1, 0.15) is 12.0 Å². The van der Waals surface area contributed by atoms with Crippen LogP contribution in [-0.4, -0.2) is 29.4 Å². The Kier molecular flexibility index (Phi) is 4.49. The number of esters is 1. The Morgan fingerprint density at radius 2 is 2.14 bits per heavy atom. The first-order valence-corrected chi connectivity index (χ1v) is 5.74. The molecule has 0 radical (unpaired) electrons. The van der Waals surface area contributed by atoms with Crippen LogP contribution in [0.3, 0.4) is 0 Å². The van der Waals surface area contributed by atoms with Gasteiger partial charge in [-0.25, -0.2) is 14.8 Å². The number of aromatic nitrogens is 2. The molecule has 0 atom stereocenters. The maximum Gasteiger partial charge on any atom is 0.574 e. The average molecular weight is 318 g/mol. The molecule has 0 unspecified atom stereocenters. The Labute approximate surface area is 121 Å². The second kappa shape index (κ2) is 6.33. The number of oxazole rings is 1. The summed E-state index contributed by atoms with van der Waals surface area (Å²) in [4.78, 5) is 18.4. The lowest BCUT2D eigenvalue weighted by atomic mass is 10.4. The minimum Gasteiger partial charge on any atom is -0.482 e. The maximum absolute atomic E-state index is 12.0. The molecule has 0 saturated heterocycles. The number of carbonyl (C=O) groups is 1. The largest absolute Gasteiger partial charge is 0.574 e. The molecule has 2 heterocycles. The summed E-state index contributed by atoms with van der Waals surface area (Å²) in [5.74, 6) is -1.00. The van der Waals surface area contributed by atoms with E-state index in [9.17, 15) is 18.0 Å². The molecule has 0 saturated carbocycles. The van der Waals surface area contributed by atoms with Crippen LogP contribution in [0.4, 0.5) is 13.2 Å². The number of alkyl halides is 3. The third-order valence-electron chi connectivity index (χ3n) is 2.24. The van der Waals surface area contributed by atoms with Gasteiger partial charge in [-0.1, -0.05) is 0 Å². The van der Waals surface area contributed by atoms with Gasteiger partial charge in [-0.15, -0.1) is 13.2 Å². The van der Waals surface area contributed by atoms with Gasteiger partial charge in [0, 0.05) is 6.07 Å². The number of ether oxygens (including phenoxy) is 3. The number of nitrogens with zero attached hydrogens (tertiary/aromatic N) is 2. The van der Waals surface area contributed by atoms with E-state index in [1.54, 1.807) is 0 Å². The molecule has 2 aromatic rings. The molecule has 0 spiro atoms. The molecule has 0 N–H and O–H groups in total. The highest BCUT2D eigenvalue weighted by Crippen LogP contribution is 2.22. The Hall–Kier alpha value is -2.78. The summed E-state index contributed by atoms with van der Waals surface area (Å²) in [5, 5.41) is 0. The molecule has 22 heavy (non-hydrogen) atoms. The van der Waals surface area contributed by atoms with Crippen molar-refractivity contribution in [3.05, 3.63) is 36.2 Å². The van der Waals surface area contributed by atoms with Gasteiger partial charge in [0.05, 0.1) is 13.3 Å². The topological polar surface area (TPSA) is 83.7 Å². The lowest BCUT2D eigenvalue weighted by Gasteiger charge is -2.08. The van der Waals surface area contributed by atoms with Gasteiger partial charge in [0.15, 0.2) is 12.3 Å². The Morgan fingerprint density at radius 1 is 1.36 bits per heavy atom. The first-order valence-electron chi connectivity index (χ1n) is 5.74. The minimum absolute atomic E-state index is 0.0202. The number of methoxy groups -OCH3 is 1. The second-order valence-electron chi connectivity index (χ2n) is 3.79. The van der Waals surface area contributed by atoms with E-state index in [4.69, 9.17) is 9.15 Å². The normalized spacial score (nSPS) is 11.1. The highest BCUT2D eigenvalue weighted by atomic mass is 19.4. The van der Waals surface area contributed by atoms with Crippen LogP contribution >= 0.6 is 0 Å². The quantitative estimate of drug-likeness (QED) is 0.782. The van der Waals surface area contributed by atoms with Gasteiger partial charge in [-0.05, 0) is 6.07 Å². The van der Waals surface area contributed by atoms with Gasteiger partial charge >= 0.3 is 12.3 Å². The predicted octanol–water partition coefficient (Wildman–Crippen LogP) is 2.33. The van der Waals surface area contributed by atoms with E-state index in [0.29, 0.717) is 0 Å². The molecule has 0 bridgehead atoms. The molecule has 0 aliphatic rings. The number of halogens is 3. The Bertz CT molecular complexity index is 639. The predicted molar refractivity (Wildman–Crippen MR) is 63.1 cm³/mol. The summed E-state index contributed by atoms with van der Waals surface area (Å²) in [5.41, 5.74) is -0.0202. The van der Waals surface area contributed by atoms with E-state index in [0.717, 1.165) is 18.5 Å². The van der Waals surface area contributed by atoms with Crippen molar-refractivity contribution >= 4 is 5.97 Å². The van der Waals surface area contributed by atoms with E-state index in [2.05, 4.69) is 19.4 Å². The minimum atomic E-state index is -4.81. The summed E-state index contributed by atoms with van der Waals surface area (Å²) in [6, 6.07) is 2.23. The zero-order valence-corrected chi connectivity index (χ0v) is 11.1. The maximum atomic E-state index is 12.0. The third-order valence-corrected chi connectivity index (χ3v) is 2.24. The van der Waals surface area contributed by atoms with Crippen molar-refractivity contribution in [1.82, 2.24) is 9.97 Å². The molecule has 0 aliphatic heterocycles. The lowest BCUT2D eigenvalue weighted by Crippen LogP contribution is -2.17. The standard InChI is InChI=1S/C12H9F3N2O5/c1-19-11(18)8-5-21-10(17-8)6-20-7-2-3-9(16-4-7)22-12(13,14)15/h2-5H,6H2,1H3. The number of hydrogen-bond acceptors (Lipinski definition) is 7. The molecular formula is C12H9F3N2O5. The molecular weight excluding hydrogens is 309 g/mol. The SMILES string of the molecule is COC(=O)c1coc(COc2ccc(OC(F)(F)F)nc2)n1. The van der Waals surface area contributed by atoms with Crippen LogP contribution in [0.2, 0.25) is 0 Å². The van der Waals surface area contributed by atoms with Crippen LogP contribution in [0.5, 0.6) is 11.6 Å². The molecule has 118 valence electrons.